The zero-order valence-electron chi connectivity index (χ0n) is 19.3. The summed E-state index contributed by atoms with van der Waals surface area (Å²) in [5.41, 5.74) is 7.16. The van der Waals surface area contributed by atoms with E-state index in [1.807, 2.05) is 0 Å². The van der Waals surface area contributed by atoms with Crippen LogP contribution in [-0.4, -0.2) is 28.8 Å². The minimum atomic E-state index is -1.06. The van der Waals surface area contributed by atoms with Crippen molar-refractivity contribution in [1.82, 2.24) is 5.32 Å². The van der Waals surface area contributed by atoms with E-state index in [0.717, 1.165) is 16.8 Å². The van der Waals surface area contributed by atoms with Gasteiger partial charge in [0.15, 0.2) is 0 Å². The average Bonchev–Trinajstić information content (AvgIpc) is 3.35. The Bertz CT molecular complexity index is 1510. The van der Waals surface area contributed by atoms with Crippen LogP contribution in [0.4, 0.5) is 0 Å². The highest BCUT2D eigenvalue weighted by Crippen LogP contribution is 2.23. The number of furan rings is 1. The van der Waals surface area contributed by atoms with Crippen LogP contribution in [0, 0.1) is 5.41 Å². The van der Waals surface area contributed by atoms with Gasteiger partial charge in [-0.3, -0.25) is 10.2 Å². The Balaban J connectivity index is 0.00000380. The highest BCUT2D eigenvalue weighted by molar-refractivity contribution is 5.99. The van der Waals surface area contributed by atoms with Crippen molar-refractivity contribution in [1.29, 1.82) is 5.41 Å². The predicted molar refractivity (Wildman–Crippen MR) is 140 cm³/mol. The van der Waals surface area contributed by atoms with Gasteiger partial charge in [-0.1, -0.05) is 30.3 Å². The number of nitrogens with two attached hydrogens (primary N) is 1. The largest absolute Gasteiger partial charge is 0.478 e. The number of esters is 1. The fraction of sp³-hybridized carbons (Fsp3) is 0.0370. The molecule has 4 rings (SSSR count). The molecule has 0 aliphatic heterocycles. The number of benzene rings is 3. The number of nitrogens with one attached hydrogen (secondary N) is 2. The molecule has 188 valence electrons. The van der Waals surface area contributed by atoms with Crippen LogP contribution < -0.4 is 15.8 Å². The lowest BCUT2D eigenvalue weighted by Crippen LogP contribution is -2.22. The molecule has 0 radical (unpaired) electrons. The summed E-state index contributed by atoms with van der Waals surface area (Å²) in [5.74, 6) is -1.44. The number of carbonyl (C=O) groups excluding carboxylic acids is 2. The first kappa shape index (κ1) is 26.7. The molecule has 1 heterocycles. The lowest BCUT2D eigenvalue weighted by molar-refractivity contribution is -0.131. The van der Waals surface area contributed by atoms with Crippen LogP contribution in [0.15, 0.2) is 83.3 Å². The first-order valence-corrected chi connectivity index (χ1v) is 10.8. The van der Waals surface area contributed by atoms with E-state index in [4.69, 9.17) is 25.4 Å². The summed E-state index contributed by atoms with van der Waals surface area (Å²) in [5, 5.41) is 20.6. The van der Waals surface area contributed by atoms with Crippen molar-refractivity contribution >= 4 is 52.9 Å². The van der Waals surface area contributed by atoms with Gasteiger partial charge in [0.25, 0.3) is 5.91 Å². The van der Waals surface area contributed by atoms with Gasteiger partial charge >= 0.3 is 11.9 Å². The fourth-order valence-corrected chi connectivity index (χ4v) is 3.38. The van der Waals surface area contributed by atoms with Crippen molar-refractivity contribution in [2.75, 3.05) is 0 Å². The normalized spacial score (nSPS) is 10.6. The third-order valence-electron chi connectivity index (χ3n) is 5.21. The molecule has 0 saturated heterocycles. The number of hydrogen-bond donors (Lipinski definition) is 4. The minimum absolute atomic E-state index is 0. The van der Waals surface area contributed by atoms with Gasteiger partial charge < -0.3 is 25.3 Å². The van der Waals surface area contributed by atoms with Gasteiger partial charge in [-0.25, -0.2) is 9.59 Å². The second kappa shape index (κ2) is 11.7. The molecule has 0 aliphatic rings. The van der Waals surface area contributed by atoms with Gasteiger partial charge in [0.05, 0.1) is 6.54 Å². The summed E-state index contributed by atoms with van der Waals surface area (Å²) in [4.78, 5) is 35.5. The van der Waals surface area contributed by atoms with Gasteiger partial charge in [-0.05, 0) is 64.9 Å². The SMILES string of the molecule is Cl.N=C(N)c1ccc2cc(OC(=O)c3ccc(CNC(=O)c4ccc(C=CC(=O)O)cc4)o3)ccc2c1. The second-order valence-electron chi connectivity index (χ2n) is 7.77. The van der Waals surface area contributed by atoms with E-state index in [-0.39, 0.29) is 36.5 Å². The smallest absolute Gasteiger partial charge is 0.379 e. The molecule has 1 amide bonds. The van der Waals surface area contributed by atoms with E-state index < -0.39 is 11.9 Å². The Kier molecular flexibility index (Phi) is 8.44. The standard InChI is InChI=1S/C27H21N3O6.ClH/c28-25(29)20-7-6-19-14-21(9-8-18(19)13-20)36-27(34)23-11-10-22(35-23)15-30-26(33)17-4-1-16(2-5-17)3-12-24(31)32;/h1-14H,15H2,(H3,28,29)(H,30,33)(H,31,32);1H. The minimum Gasteiger partial charge on any atom is -0.478 e. The van der Waals surface area contributed by atoms with Crippen molar-refractivity contribution in [2.45, 2.75) is 6.54 Å². The lowest BCUT2D eigenvalue weighted by atomic mass is 10.1. The van der Waals surface area contributed by atoms with Gasteiger partial charge in [-0.15, -0.1) is 12.4 Å². The topological polar surface area (TPSA) is 156 Å². The zero-order valence-corrected chi connectivity index (χ0v) is 20.1. The molecule has 0 bridgehead atoms. The Labute approximate surface area is 217 Å². The number of aliphatic carboxylic acids is 1. The zero-order chi connectivity index (χ0) is 25.7. The van der Waals surface area contributed by atoms with Crippen LogP contribution in [0.3, 0.4) is 0 Å². The monoisotopic (exact) mass is 519 g/mol. The van der Waals surface area contributed by atoms with Crippen LogP contribution in [0.1, 0.15) is 37.8 Å². The van der Waals surface area contributed by atoms with Crippen LogP contribution in [0.5, 0.6) is 5.75 Å². The third-order valence-corrected chi connectivity index (χ3v) is 5.21. The quantitative estimate of drug-likeness (QED) is 0.0884. The number of halogens is 1. The number of fused-ring (bicyclic) bond motifs is 1. The maximum Gasteiger partial charge on any atom is 0.379 e. The predicted octanol–water partition coefficient (Wildman–Crippen LogP) is 4.39. The number of hydrogen-bond acceptors (Lipinski definition) is 6. The lowest BCUT2D eigenvalue weighted by Gasteiger charge is -2.06. The molecule has 0 fully saturated rings. The Morgan fingerprint density at radius 3 is 2.32 bits per heavy atom. The first-order chi connectivity index (χ1) is 17.3. The van der Waals surface area contributed by atoms with Crippen LogP contribution in [-0.2, 0) is 11.3 Å². The Morgan fingerprint density at radius 1 is 0.946 bits per heavy atom. The number of amidine groups is 1. The maximum atomic E-state index is 12.5. The average molecular weight is 520 g/mol. The van der Waals surface area contributed by atoms with Gasteiger partial charge in [0.1, 0.15) is 17.3 Å². The summed E-state index contributed by atoms with van der Waals surface area (Å²) in [6.07, 6.45) is 2.44. The highest BCUT2D eigenvalue weighted by atomic mass is 35.5. The number of carbonyl (C=O) groups is 3. The number of carboxylic acid groups (broad SMARTS) is 1. The van der Waals surface area contributed by atoms with Crippen molar-refractivity contribution in [3.63, 3.8) is 0 Å². The summed E-state index contributed by atoms with van der Waals surface area (Å²) >= 11 is 0. The molecule has 37 heavy (non-hydrogen) atoms. The molecule has 3 aromatic carbocycles. The van der Waals surface area contributed by atoms with Crippen molar-refractivity contribution in [3.8, 4) is 5.75 Å². The Morgan fingerprint density at radius 2 is 1.62 bits per heavy atom. The van der Waals surface area contributed by atoms with Crippen LogP contribution >= 0.6 is 12.4 Å². The summed E-state index contributed by atoms with van der Waals surface area (Å²) in [7, 11) is 0. The number of amides is 1. The molecule has 5 N–H and O–H groups in total. The molecular formula is C27H22ClN3O6. The van der Waals surface area contributed by atoms with E-state index >= 15 is 0 Å². The maximum absolute atomic E-state index is 12.5. The van der Waals surface area contributed by atoms with Gasteiger partial charge in [-0.2, -0.15) is 0 Å². The molecule has 0 aliphatic carbocycles. The number of ether oxygens (including phenoxy) is 1. The molecule has 0 unspecified atom stereocenters. The summed E-state index contributed by atoms with van der Waals surface area (Å²) in [6, 6.07) is 19.8. The van der Waals surface area contributed by atoms with E-state index in [1.165, 1.54) is 12.1 Å². The van der Waals surface area contributed by atoms with Gasteiger partial charge in [0.2, 0.25) is 5.76 Å². The number of carboxylic acids is 1. The molecule has 10 heteroatoms. The van der Waals surface area contributed by atoms with Crippen LogP contribution in [0.2, 0.25) is 0 Å². The first-order valence-electron chi connectivity index (χ1n) is 10.8. The van der Waals surface area contributed by atoms with Crippen molar-refractivity contribution in [3.05, 3.63) is 107 Å². The molecular weight excluding hydrogens is 498 g/mol. The van der Waals surface area contributed by atoms with E-state index in [9.17, 15) is 14.4 Å². The summed E-state index contributed by atoms with van der Waals surface area (Å²) < 4.78 is 10.9. The van der Waals surface area contributed by atoms with E-state index in [2.05, 4.69) is 5.32 Å². The molecule has 0 saturated carbocycles. The molecule has 0 atom stereocenters. The second-order valence-corrected chi connectivity index (χ2v) is 7.77. The van der Waals surface area contributed by atoms with Crippen molar-refractivity contribution in [2.24, 2.45) is 5.73 Å². The Hall–Kier alpha value is -4.89. The molecule has 0 spiro atoms. The number of rotatable bonds is 8. The van der Waals surface area contributed by atoms with E-state index in [0.29, 0.717) is 28.2 Å². The fourth-order valence-electron chi connectivity index (χ4n) is 3.38. The highest BCUT2D eigenvalue weighted by Gasteiger charge is 2.15. The third kappa shape index (κ3) is 6.83. The summed E-state index contributed by atoms with van der Waals surface area (Å²) in [6.45, 7) is 0.0568. The van der Waals surface area contributed by atoms with Gasteiger partial charge in [0, 0.05) is 17.2 Å². The molecule has 4 aromatic rings. The van der Waals surface area contributed by atoms with Crippen LogP contribution in [0.25, 0.3) is 16.8 Å². The molecule has 9 nitrogen and oxygen atoms in total. The molecule has 1 aromatic heterocycles. The number of nitrogen functional groups attached to an aromatic ring is 1. The van der Waals surface area contributed by atoms with E-state index in [1.54, 1.807) is 66.7 Å². The van der Waals surface area contributed by atoms with Crippen molar-refractivity contribution < 1.29 is 28.6 Å².